The van der Waals surface area contributed by atoms with E-state index in [0.717, 1.165) is 0 Å². The molecule has 1 aliphatic carbocycles. The van der Waals surface area contributed by atoms with E-state index in [1.807, 2.05) is 0 Å². The number of halogens is 2. The summed E-state index contributed by atoms with van der Waals surface area (Å²) in [5.41, 5.74) is 1.13. The average molecular weight is 483 g/mol. The maximum absolute atomic E-state index is 8.91. The molecule has 0 unspecified atom stereocenters. The van der Waals surface area contributed by atoms with Crippen molar-refractivity contribution in [2.24, 2.45) is 0 Å². The molecule has 1 aromatic carbocycles. The highest BCUT2D eigenvalue weighted by atomic mass is 35.5. The van der Waals surface area contributed by atoms with Crippen LogP contribution in [0.5, 0.6) is 5.75 Å². The average Bonchev–Trinajstić information content (AvgIpc) is 3.31. The number of aromatic nitrogens is 3. The number of benzene rings is 1. The van der Waals surface area contributed by atoms with E-state index in [-0.39, 0.29) is 45.9 Å². The first-order valence-corrected chi connectivity index (χ1v) is 10.5. The van der Waals surface area contributed by atoms with E-state index >= 15 is 0 Å². The van der Waals surface area contributed by atoms with Crippen molar-refractivity contribution in [3.8, 4) is 23.3 Å². The molecule has 0 bridgehead atoms. The molecule has 0 saturated heterocycles. The number of ether oxygens (including phenoxy) is 1. The van der Waals surface area contributed by atoms with Crippen LogP contribution >= 0.6 is 35.0 Å². The van der Waals surface area contributed by atoms with Gasteiger partial charge in [0.25, 0.3) is 0 Å². The molecule has 1 aliphatic rings. The lowest BCUT2D eigenvalue weighted by Gasteiger charge is -2.15. The van der Waals surface area contributed by atoms with Crippen molar-refractivity contribution in [3.05, 3.63) is 64.2 Å². The molecule has 1 N–H and O–H groups in total. The molecule has 1 saturated carbocycles. The van der Waals surface area contributed by atoms with Crippen LogP contribution < -0.4 is 4.74 Å². The Morgan fingerprint density at radius 3 is 2.87 bits per heavy atom. The Morgan fingerprint density at radius 2 is 2.13 bits per heavy atom. The first-order chi connectivity index (χ1) is 18.5. The van der Waals surface area contributed by atoms with Crippen LogP contribution in [0.3, 0.4) is 0 Å². The molecule has 31 heavy (non-hydrogen) atoms. The fraction of sp³-hybridized carbons (Fsp3) is 0.304. The third kappa shape index (κ3) is 5.36. The van der Waals surface area contributed by atoms with Gasteiger partial charge >= 0.3 is 0 Å². The summed E-state index contributed by atoms with van der Waals surface area (Å²) in [6.45, 7) is -0.532. The molecular formula is C23H21Cl2N3O2S. The van der Waals surface area contributed by atoms with Crippen LogP contribution in [0.2, 0.25) is 10.0 Å². The summed E-state index contributed by atoms with van der Waals surface area (Å²) >= 11 is 12.9. The minimum Gasteiger partial charge on any atom is -0.486 e. The lowest BCUT2D eigenvalue weighted by molar-refractivity contribution is 0.298. The highest BCUT2D eigenvalue weighted by Crippen LogP contribution is 2.36. The van der Waals surface area contributed by atoms with Gasteiger partial charge in [0.1, 0.15) is 19.0 Å². The summed E-state index contributed by atoms with van der Waals surface area (Å²) in [6, 6.07) is 6.15. The molecule has 3 aromatic rings. The molecule has 0 aliphatic heterocycles. The van der Waals surface area contributed by atoms with E-state index in [1.54, 1.807) is 12.1 Å². The van der Waals surface area contributed by atoms with Gasteiger partial charge in [0.2, 0.25) is 0 Å². The van der Waals surface area contributed by atoms with Gasteiger partial charge in [-0.25, -0.2) is 4.98 Å². The quantitative estimate of drug-likeness (QED) is 0.467. The number of hydrogen-bond acceptors (Lipinski definition) is 5. The third-order valence-corrected chi connectivity index (χ3v) is 5.50. The number of rotatable bonds is 6. The highest BCUT2D eigenvalue weighted by Gasteiger charge is 2.21. The number of thioether (sulfide) groups is 1. The van der Waals surface area contributed by atoms with Gasteiger partial charge in [-0.15, -0.1) is 0 Å². The number of aliphatic hydroxyl groups excluding tert-OH is 1. The summed E-state index contributed by atoms with van der Waals surface area (Å²) in [4.78, 5) is 8.32. The second kappa shape index (κ2) is 10.4. The Bertz CT molecular complexity index is 1470. The summed E-state index contributed by atoms with van der Waals surface area (Å²) < 4.78 is 81.9. The SMILES string of the molecule is [2H]C1([2H])C([2H])([2H])C([2H])([2H])C([2H])(Sc2ncc(COc3cc(Cl)c(C#CCO)cc3Cl)n2-c2cccnc2)C1([2H])[2H]. The van der Waals surface area contributed by atoms with Gasteiger partial charge in [0, 0.05) is 35.4 Å². The van der Waals surface area contributed by atoms with Gasteiger partial charge in [0.15, 0.2) is 5.16 Å². The van der Waals surface area contributed by atoms with E-state index in [4.69, 9.17) is 45.4 Å². The Morgan fingerprint density at radius 1 is 1.29 bits per heavy atom. The fourth-order valence-corrected chi connectivity index (χ4v) is 3.90. The van der Waals surface area contributed by atoms with Crippen molar-refractivity contribution in [2.75, 3.05) is 6.61 Å². The van der Waals surface area contributed by atoms with E-state index in [2.05, 4.69) is 21.8 Å². The summed E-state index contributed by atoms with van der Waals surface area (Å²) in [6.07, 6.45) is -8.91. The van der Waals surface area contributed by atoms with Crippen molar-refractivity contribution in [3.63, 3.8) is 0 Å². The number of hydrogen-bond donors (Lipinski definition) is 1. The summed E-state index contributed by atoms with van der Waals surface area (Å²) in [7, 11) is 0. The number of nitrogens with zero attached hydrogens (tertiary/aromatic N) is 3. The van der Waals surface area contributed by atoms with Crippen molar-refractivity contribution in [1.82, 2.24) is 14.5 Å². The molecule has 4 rings (SSSR count). The van der Waals surface area contributed by atoms with Crippen molar-refractivity contribution in [2.45, 2.75) is 42.5 Å². The Hall–Kier alpha value is -2.17. The zero-order chi connectivity index (χ0) is 29.7. The molecule has 0 spiro atoms. The number of imidazole rings is 1. The standard InChI is InChI=1S/C23H21Cl2N3O2S/c24-20-12-22(21(25)11-16(20)5-4-10-29)30-15-18-14-27-23(31-19-7-1-2-8-19)28(18)17-6-3-9-26-13-17/h3,6,9,11-14,19,29H,1-2,7-8,10,15H2/i1D2,2D2,7D2,8D2,19D. The second-order valence-electron chi connectivity index (χ2n) is 6.02. The lowest BCUT2D eigenvalue weighted by Crippen LogP contribution is -2.07. The van der Waals surface area contributed by atoms with E-state index < -0.39 is 30.7 Å². The van der Waals surface area contributed by atoms with Crippen LogP contribution in [-0.2, 0) is 6.61 Å². The fourth-order valence-electron chi connectivity index (χ4n) is 2.68. The van der Waals surface area contributed by atoms with E-state index in [1.165, 1.54) is 35.3 Å². The molecule has 160 valence electrons. The van der Waals surface area contributed by atoms with Crippen LogP contribution in [0.25, 0.3) is 5.69 Å². The van der Waals surface area contributed by atoms with E-state index in [0.29, 0.717) is 16.9 Å². The molecule has 2 heterocycles. The Kier molecular flexibility index (Phi) is 4.51. The molecule has 8 heteroatoms. The molecule has 1 fully saturated rings. The monoisotopic (exact) mass is 482 g/mol. The minimum atomic E-state index is -3.33. The van der Waals surface area contributed by atoms with Crippen LogP contribution in [0.15, 0.2) is 48.0 Å². The van der Waals surface area contributed by atoms with Gasteiger partial charge in [0.05, 0.1) is 33.8 Å². The van der Waals surface area contributed by atoms with Crippen LogP contribution in [-0.4, -0.2) is 31.5 Å². The van der Waals surface area contributed by atoms with Crippen LogP contribution in [0.4, 0.5) is 0 Å². The number of pyridine rings is 1. The topological polar surface area (TPSA) is 60.2 Å². The third-order valence-electron chi connectivity index (χ3n) is 4.01. The Balaban J connectivity index is 1.75. The molecule has 0 amide bonds. The largest absolute Gasteiger partial charge is 0.486 e. The van der Waals surface area contributed by atoms with Gasteiger partial charge in [-0.1, -0.05) is 59.6 Å². The molecule has 2 aromatic heterocycles. The first kappa shape index (κ1) is 13.4. The van der Waals surface area contributed by atoms with Crippen LogP contribution in [0, 0.1) is 11.8 Å². The van der Waals surface area contributed by atoms with Crippen molar-refractivity contribution < 1.29 is 22.2 Å². The number of aliphatic hydroxyl groups is 1. The summed E-state index contributed by atoms with van der Waals surface area (Å²) in [5.74, 6) is 5.34. The van der Waals surface area contributed by atoms with Crippen LogP contribution in [0.1, 0.15) is 49.1 Å². The van der Waals surface area contributed by atoms with E-state index in [9.17, 15) is 0 Å². The maximum atomic E-state index is 8.91. The minimum absolute atomic E-state index is 0.110. The Labute approximate surface area is 208 Å². The molecule has 0 atom stereocenters. The van der Waals surface area contributed by atoms with Gasteiger partial charge in [-0.3, -0.25) is 9.55 Å². The van der Waals surface area contributed by atoms with Gasteiger partial charge in [-0.2, -0.15) is 0 Å². The molecule has 5 nitrogen and oxygen atoms in total. The van der Waals surface area contributed by atoms with Gasteiger partial charge in [-0.05, 0) is 30.9 Å². The van der Waals surface area contributed by atoms with Crippen molar-refractivity contribution in [1.29, 1.82) is 0 Å². The second-order valence-corrected chi connectivity index (χ2v) is 7.81. The maximum Gasteiger partial charge on any atom is 0.173 e. The lowest BCUT2D eigenvalue weighted by atomic mass is 10.2. The molecular weight excluding hydrogens is 453 g/mol. The summed E-state index contributed by atoms with van der Waals surface area (Å²) in [5, 5.41) is 6.21. The first-order valence-electron chi connectivity index (χ1n) is 13.4. The zero-order valence-corrected chi connectivity index (χ0v) is 18.1. The highest BCUT2D eigenvalue weighted by molar-refractivity contribution is 7.99. The van der Waals surface area contributed by atoms with Gasteiger partial charge < -0.3 is 9.84 Å². The predicted molar refractivity (Wildman–Crippen MR) is 124 cm³/mol. The predicted octanol–water partition coefficient (Wildman–Crippen LogP) is 5.53. The van der Waals surface area contributed by atoms with Crippen molar-refractivity contribution >= 4 is 35.0 Å². The smallest absolute Gasteiger partial charge is 0.173 e. The molecule has 0 radical (unpaired) electrons. The normalized spacial score (nSPS) is 25.6. The zero-order valence-electron chi connectivity index (χ0n) is 24.8.